The highest BCUT2D eigenvalue weighted by atomic mass is 16.6. The van der Waals surface area contributed by atoms with Crippen LogP contribution in [-0.4, -0.2) is 17.6 Å². The first-order valence-corrected chi connectivity index (χ1v) is 6.26. The second-order valence-electron chi connectivity index (χ2n) is 5.72. The summed E-state index contributed by atoms with van der Waals surface area (Å²) in [5.41, 5.74) is 2.86. The number of nitrogens with one attached hydrogen (secondary N) is 1. The fourth-order valence-electron chi connectivity index (χ4n) is 1.66. The van der Waals surface area contributed by atoms with Crippen molar-refractivity contribution in [1.82, 2.24) is 0 Å². The van der Waals surface area contributed by atoms with Crippen molar-refractivity contribution in [1.29, 1.82) is 0 Å². The van der Waals surface area contributed by atoms with Crippen molar-refractivity contribution in [2.45, 2.75) is 53.2 Å². The van der Waals surface area contributed by atoms with Gasteiger partial charge in [0.25, 0.3) is 0 Å². The van der Waals surface area contributed by atoms with Gasteiger partial charge in [0.1, 0.15) is 11.6 Å². The molecule has 0 saturated heterocycles. The second-order valence-corrected chi connectivity index (χ2v) is 5.72. The van der Waals surface area contributed by atoms with E-state index in [4.69, 9.17) is 4.74 Å². The van der Waals surface area contributed by atoms with E-state index in [9.17, 15) is 4.79 Å². The van der Waals surface area contributed by atoms with Crippen molar-refractivity contribution in [3.63, 3.8) is 0 Å². The first kappa shape index (κ1) is 14.6. The van der Waals surface area contributed by atoms with Crippen LogP contribution in [0.3, 0.4) is 0 Å². The van der Waals surface area contributed by atoms with Crippen molar-refractivity contribution >= 4 is 11.7 Å². The van der Waals surface area contributed by atoms with Crippen molar-refractivity contribution in [3.05, 3.63) is 29.3 Å². The van der Waals surface area contributed by atoms with Gasteiger partial charge in [-0.3, -0.25) is 0 Å². The smallest absolute Gasteiger partial charge is 0.328 e. The average molecular weight is 249 g/mol. The third-order valence-electron chi connectivity index (χ3n) is 2.51. The molecule has 0 saturated carbocycles. The molecular formula is C15H23NO2. The molecule has 1 rings (SSSR count). The van der Waals surface area contributed by atoms with Crippen molar-refractivity contribution in [2.75, 3.05) is 5.32 Å². The molecule has 0 aliphatic rings. The first-order chi connectivity index (χ1) is 8.19. The molecule has 0 amide bonds. The molecule has 0 aliphatic carbocycles. The molecule has 0 fully saturated rings. The number of anilines is 1. The van der Waals surface area contributed by atoms with Crippen LogP contribution in [0.4, 0.5) is 5.69 Å². The molecule has 0 aromatic heterocycles. The Labute approximate surface area is 110 Å². The third kappa shape index (κ3) is 4.40. The molecule has 0 aliphatic heterocycles. The van der Waals surface area contributed by atoms with Gasteiger partial charge < -0.3 is 10.1 Å². The molecule has 3 heteroatoms. The fraction of sp³-hybridized carbons (Fsp3) is 0.533. The molecular weight excluding hydrogens is 226 g/mol. The Bertz CT molecular complexity index is 433. The van der Waals surface area contributed by atoms with Crippen LogP contribution in [0.25, 0.3) is 0 Å². The minimum atomic E-state index is -0.449. The molecule has 1 unspecified atom stereocenters. The Balaban J connectivity index is 2.69. The van der Waals surface area contributed by atoms with E-state index in [-0.39, 0.29) is 12.0 Å². The maximum Gasteiger partial charge on any atom is 0.328 e. The summed E-state index contributed by atoms with van der Waals surface area (Å²) < 4.78 is 5.33. The lowest BCUT2D eigenvalue weighted by Gasteiger charge is -2.23. The molecule has 1 atom stereocenters. The van der Waals surface area contributed by atoms with Gasteiger partial charge in [-0.15, -0.1) is 0 Å². The monoisotopic (exact) mass is 249 g/mol. The Hall–Kier alpha value is -1.51. The Kier molecular flexibility index (Phi) is 4.38. The lowest BCUT2D eigenvalue weighted by atomic mass is 10.1. The highest BCUT2D eigenvalue weighted by Crippen LogP contribution is 2.18. The van der Waals surface area contributed by atoms with Crippen LogP contribution in [0.1, 0.15) is 38.8 Å². The standard InChI is InChI=1S/C15H23NO2/c1-10-7-8-13(11(2)9-10)16-12(3)14(17)18-15(4,5)6/h7-9,12,16H,1-6H3. The summed E-state index contributed by atoms with van der Waals surface area (Å²) >= 11 is 0. The summed E-state index contributed by atoms with van der Waals surface area (Å²) in [6, 6.07) is 5.75. The summed E-state index contributed by atoms with van der Waals surface area (Å²) in [5.74, 6) is -0.234. The van der Waals surface area contributed by atoms with Crippen LogP contribution in [0.5, 0.6) is 0 Å². The van der Waals surface area contributed by atoms with Crippen LogP contribution >= 0.6 is 0 Å². The van der Waals surface area contributed by atoms with Crippen molar-refractivity contribution < 1.29 is 9.53 Å². The number of hydrogen-bond donors (Lipinski definition) is 1. The molecule has 1 aromatic rings. The summed E-state index contributed by atoms with van der Waals surface area (Å²) in [6.07, 6.45) is 0. The van der Waals surface area contributed by atoms with E-state index in [0.717, 1.165) is 11.3 Å². The number of ether oxygens (including phenoxy) is 1. The predicted molar refractivity (Wildman–Crippen MR) is 74.8 cm³/mol. The molecule has 0 heterocycles. The van der Waals surface area contributed by atoms with Gasteiger partial charge in [-0.1, -0.05) is 17.7 Å². The first-order valence-electron chi connectivity index (χ1n) is 6.26. The SMILES string of the molecule is Cc1ccc(NC(C)C(=O)OC(C)(C)C)c(C)c1. The third-order valence-corrected chi connectivity index (χ3v) is 2.51. The Morgan fingerprint density at radius 3 is 2.39 bits per heavy atom. The summed E-state index contributed by atoms with van der Waals surface area (Å²) in [4.78, 5) is 11.9. The molecule has 100 valence electrons. The van der Waals surface area contributed by atoms with Gasteiger partial charge in [-0.2, -0.15) is 0 Å². The summed E-state index contributed by atoms with van der Waals surface area (Å²) in [6.45, 7) is 11.5. The number of rotatable bonds is 3. The normalized spacial score (nSPS) is 13.0. The van der Waals surface area contributed by atoms with Crippen LogP contribution < -0.4 is 5.32 Å². The van der Waals surface area contributed by atoms with Crippen molar-refractivity contribution in [3.8, 4) is 0 Å². The van der Waals surface area contributed by atoms with Gasteiger partial charge in [-0.25, -0.2) is 4.79 Å². The molecule has 0 spiro atoms. The highest BCUT2D eigenvalue weighted by Gasteiger charge is 2.21. The van der Waals surface area contributed by atoms with Crippen LogP contribution in [0.15, 0.2) is 18.2 Å². The molecule has 18 heavy (non-hydrogen) atoms. The van der Waals surface area contributed by atoms with E-state index >= 15 is 0 Å². The van der Waals surface area contributed by atoms with Gasteiger partial charge in [0.05, 0.1) is 0 Å². The number of hydrogen-bond acceptors (Lipinski definition) is 3. The fourth-order valence-corrected chi connectivity index (χ4v) is 1.66. The van der Waals surface area contributed by atoms with E-state index in [0.29, 0.717) is 0 Å². The molecule has 1 N–H and O–H groups in total. The van der Waals surface area contributed by atoms with Gasteiger partial charge >= 0.3 is 5.97 Å². The Morgan fingerprint density at radius 1 is 1.28 bits per heavy atom. The van der Waals surface area contributed by atoms with Gasteiger partial charge in [0.2, 0.25) is 0 Å². The minimum absolute atomic E-state index is 0.234. The maximum atomic E-state index is 11.9. The number of aryl methyl sites for hydroxylation is 2. The molecule has 0 bridgehead atoms. The van der Waals surface area contributed by atoms with Gasteiger partial charge in [0.15, 0.2) is 0 Å². The maximum absolute atomic E-state index is 11.9. The lowest BCUT2D eigenvalue weighted by Crippen LogP contribution is -2.34. The lowest BCUT2D eigenvalue weighted by molar-refractivity contribution is -0.155. The summed E-state index contributed by atoms with van der Waals surface area (Å²) in [5, 5.41) is 3.19. The van der Waals surface area contributed by atoms with Gasteiger partial charge in [-0.05, 0) is 53.2 Å². The molecule has 3 nitrogen and oxygen atoms in total. The predicted octanol–water partition coefficient (Wildman–Crippen LogP) is 3.45. The van der Waals surface area contributed by atoms with E-state index < -0.39 is 5.60 Å². The molecule has 1 aromatic carbocycles. The Morgan fingerprint density at radius 2 is 1.89 bits per heavy atom. The topological polar surface area (TPSA) is 38.3 Å². The molecule has 0 radical (unpaired) electrons. The largest absolute Gasteiger partial charge is 0.458 e. The van der Waals surface area contributed by atoms with E-state index in [1.165, 1.54) is 5.56 Å². The van der Waals surface area contributed by atoms with Gasteiger partial charge in [0, 0.05) is 5.69 Å². The zero-order chi connectivity index (χ0) is 13.9. The number of carbonyl (C=O) groups excluding carboxylic acids is 1. The number of esters is 1. The average Bonchev–Trinajstić information content (AvgIpc) is 2.19. The van der Waals surface area contributed by atoms with E-state index in [2.05, 4.69) is 11.4 Å². The van der Waals surface area contributed by atoms with E-state index in [1.807, 2.05) is 53.7 Å². The number of benzene rings is 1. The second kappa shape index (κ2) is 5.42. The minimum Gasteiger partial charge on any atom is -0.458 e. The van der Waals surface area contributed by atoms with Crippen LogP contribution in [0, 0.1) is 13.8 Å². The number of carbonyl (C=O) groups is 1. The summed E-state index contributed by atoms with van der Waals surface area (Å²) in [7, 11) is 0. The van der Waals surface area contributed by atoms with Crippen LogP contribution in [0.2, 0.25) is 0 Å². The van der Waals surface area contributed by atoms with Crippen molar-refractivity contribution in [2.24, 2.45) is 0 Å². The highest BCUT2D eigenvalue weighted by molar-refractivity contribution is 5.79. The quantitative estimate of drug-likeness (QED) is 0.834. The zero-order valence-corrected chi connectivity index (χ0v) is 12.1. The zero-order valence-electron chi connectivity index (χ0n) is 12.1. The van der Waals surface area contributed by atoms with Crippen LogP contribution in [-0.2, 0) is 9.53 Å². The van der Waals surface area contributed by atoms with E-state index in [1.54, 1.807) is 0 Å².